The van der Waals surface area contributed by atoms with E-state index in [0.717, 1.165) is 23.5 Å². The summed E-state index contributed by atoms with van der Waals surface area (Å²) in [5.41, 5.74) is 1.98. The SMILES string of the molecule is CC(C)N(CC(O)COc1ccc(C23CC4CC(CC(C4)C2)C3)cc1)C(C)C. The molecule has 156 valence electrons. The zero-order chi connectivity index (χ0) is 19.9. The highest BCUT2D eigenvalue weighted by atomic mass is 16.5. The van der Waals surface area contributed by atoms with Crippen molar-refractivity contribution in [3.05, 3.63) is 29.8 Å². The monoisotopic (exact) mass is 385 g/mol. The minimum atomic E-state index is -0.465. The molecule has 4 saturated carbocycles. The van der Waals surface area contributed by atoms with Crippen molar-refractivity contribution in [1.29, 1.82) is 0 Å². The van der Waals surface area contributed by atoms with Gasteiger partial charge in [-0.15, -0.1) is 0 Å². The Bertz CT molecular complexity index is 608. The molecule has 1 N–H and O–H groups in total. The highest BCUT2D eigenvalue weighted by molar-refractivity contribution is 5.34. The summed E-state index contributed by atoms with van der Waals surface area (Å²) in [7, 11) is 0. The van der Waals surface area contributed by atoms with Gasteiger partial charge in [-0.2, -0.15) is 0 Å². The van der Waals surface area contributed by atoms with Gasteiger partial charge in [-0.25, -0.2) is 0 Å². The Labute approximate surface area is 171 Å². The van der Waals surface area contributed by atoms with Gasteiger partial charge in [-0.05, 0) is 107 Å². The van der Waals surface area contributed by atoms with Crippen LogP contribution < -0.4 is 4.74 Å². The van der Waals surface area contributed by atoms with E-state index in [9.17, 15) is 5.11 Å². The van der Waals surface area contributed by atoms with Gasteiger partial charge in [0.2, 0.25) is 0 Å². The first-order valence-electron chi connectivity index (χ1n) is 11.5. The lowest BCUT2D eigenvalue weighted by Gasteiger charge is -2.57. The van der Waals surface area contributed by atoms with E-state index in [1.807, 2.05) is 0 Å². The summed E-state index contributed by atoms with van der Waals surface area (Å²) in [6.45, 7) is 9.72. The fraction of sp³-hybridized carbons (Fsp3) is 0.760. The average Bonchev–Trinajstić information content (AvgIpc) is 2.63. The lowest BCUT2D eigenvalue weighted by Crippen LogP contribution is -2.48. The minimum absolute atomic E-state index is 0.354. The summed E-state index contributed by atoms with van der Waals surface area (Å²) in [6, 6.07) is 9.72. The molecule has 0 spiro atoms. The topological polar surface area (TPSA) is 32.7 Å². The van der Waals surface area contributed by atoms with Gasteiger partial charge in [0.25, 0.3) is 0 Å². The first-order chi connectivity index (χ1) is 13.3. The van der Waals surface area contributed by atoms with Crippen LogP contribution in [0, 0.1) is 17.8 Å². The maximum Gasteiger partial charge on any atom is 0.119 e. The van der Waals surface area contributed by atoms with Crippen LogP contribution in [0.4, 0.5) is 0 Å². The van der Waals surface area contributed by atoms with E-state index < -0.39 is 6.10 Å². The summed E-state index contributed by atoms with van der Waals surface area (Å²) in [6.07, 6.45) is 8.20. The third-order valence-electron chi connectivity index (χ3n) is 7.70. The van der Waals surface area contributed by atoms with Crippen LogP contribution in [0.3, 0.4) is 0 Å². The van der Waals surface area contributed by atoms with Crippen LogP contribution >= 0.6 is 0 Å². The molecule has 1 aromatic rings. The Morgan fingerprint density at radius 3 is 1.89 bits per heavy atom. The lowest BCUT2D eigenvalue weighted by molar-refractivity contribution is -0.00522. The van der Waals surface area contributed by atoms with Crippen LogP contribution in [-0.2, 0) is 5.41 Å². The molecule has 4 bridgehead atoms. The van der Waals surface area contributed by atoms with E-state index in [0.29, 0.717) is 30.7 Å². The highest BCUT2D eigenvalue weighted by Crippen LogP contribution is 2.60. The Balaban J connectivity index is 1.34. The van der Waals surface area contributed by atoms with E-state index >= 15 is 0 Å². The number of aliphatic hydroxyl groups is 1. The molecule has 0 amide bonds. The number of rotatable bonds is 8. The maximum atomic E-state index is 10.4. The van der Waals surface area contributed by atoms with Gasteiger partial charge >= 0.3 is 0 Å². The summed E-state index contributed by atoms with van der Waals surface area (Å²) in [5.74, 6) is 3.81. The first-order valence-corrected chi connectivity index (χ1v) is 11.5. The number of hydrogen-bond acceptors (Lipinski definition) is 3. The summed E-state index contributed by atoms with van der Waals surface area (Å²) < 4.78 is 5.93. The number of hydrogen-bond donors (Lipinski definition) is 1. The van der Waals surface area contributed by atoms with E-state index in [1.54, 1.807) is 0 Å². The lowest BCUT2D eigenvalue weighted by atomic mass is 9.48. The number of nitrogens with zero attached hydrogens (tertiary/aromatic N) is 1. The Morgan fingerprint density at radius 1 is 0.929 bits per heavy atom. The van der Waals surface area contributed by atoms with Crippen molar-refractivity contribution in [2.45, 2.75) is 89.8 Å². The molecule has 4 aliphatic rings. The molecule has 5 rings (SSSR count). The molecule has 4 fully saturated rings. The Morgan fingerprint density at radius 2 is 1.43 bits per heavy atom. The second-order valence-electron chi connectivity index (χ2n) is 10.6. The Hall–Kier alpha value is -1.06. The smallest absolute Gasteiger partial charge is 0.119 e. The van der Waals surface area contributed by atoms with Crippen molar-refractivity contribution in [2.75, 3.05) is 13.2 Å². The number of benzene rings is 1. The predicted octanol–water partition coefficient (Wildman–Crippen LogP) is 5.01. The van der Waals surface area contributed by atoms with Crippen LogP contribution in [-0.4, -0.2) is 41.3 Å². The molecule has 1 aromatic carbocycles. The van der Waals surface area contributed by atoms with Crippen LogP contribution in [0.5, 0.6) is 5.75 Å². The molecule has 28 heavy (non-hydrogen) atoms. The zero-order valence-corrected chi connectivity index (χ0v) is 18.2. The average molecular weight is 386 g/mol. The summed E-state index contributed by atoms with van der Waals surface area (Å²) in [4.78, 5) is 2.31. The quantitative estimate of drug-likeness (QED) is 0.682. The largest absolute Gasteiger partial charge is 0.491 e. The van der Waals surface area contributed by atoms with Crippen LogP contribution in [0.25, 0.3) is 0 Å². The second kappa shape index (κ2) is 7.99. The minimum Gasteiger partial charge on any atom is -0.491 e. The molecule has 1 atom stereocenters. The second-order valence-corrected chi connectivity index (χ2v) is 10.6. The van der Waals surface area contributed by atoms with Crippen molar-refractivity contribution in [3.8, 4) is 5.75 Å². The third-order valence-corrected chi connectivity index (χ3v) is 7.70. The normalized spacial score (nSPS) is 32.5. The first kappa shape index (κ1) is 20.2. The highest BCUT2D eigenvalue weighted by Gasteiger charge is 2.51. The number of aliphatic hydroxyl groups excluding tert-OH is 1. The molecule has 4 aliphatic carbocycles. The van der Waals surface area contributed by atoms with Gasteiger partial charge in [0.15, 0.2) is 0 Å². The summed E-state index contributed by atoms with van der Waals surface area (Å²) >= 11 is 0. The molecule has 1 unspecified atom stereocenters. The molecular weight excluding hydrogens is 346 g/mol. The van der Waals surface area contributed by atoms with E-state index in [-0.39, 0.29) is 0 Å². The van der Waals surface area contributed by atoms with E-state index in [2.05, 4.69) is 56.9 Å². The van der Waals surface area contributed by atoms with Gasteiger partial charge in [-0.3, -0.25) is 4.90 Å². The van der Waals surface area contributed by atoms with Crippen LogP contribution in [0.2, 0.25) is 0 Å². The standard InChI is InChI=1S/C25H39NO2/c1-17(2)26(18(3)4)15-23(27)16-28-24-7-5-22(6-8-24)25-12-19-9-20(13-25)11-21(10-19)14-25/h5-8,17-21,23,27H,9-16H2,1-4H3. The predicted molar refractivity (Wildman–Crippen MR) is 115 cm³/mol. The van der Waals surface area contributed by atoms with Crippen molar-refractivity contribution in [1.82, 2.24) is 4.90 Å². The maximum absolute atomic E-state index is 10.4. The molecule has 0 radical (unpaired) electrons. The fourth-order valence-electron chi connectivity index (χ4n) is 6.88. The van der Waals surface area contributed by atoms with Crippen LogP contribution in [0.1, 0.15) is 71.8 Å². The summed E-state index contributed by atoms with van der Waals surface area (Å²) in [5, 5.41) is 10.4. The molecular formula is C25H39NO2. The molecule has 0 aliphatic heterocycles. The van der Waals surface area contributed by atoms with Crippen LogP contribution in [0.15, 0.2) is 24.3 Å². The van der Waals surface area contributed by atoms with Gasteiger partial charge in [-0.1, -0.05) is 12.1 Å². The molecule has 0 aromatic heterocycles. The van der Waals surface area contributed by atoms with Crippen molar-refractivity contribution in [3.63, 3.8) is 0 Å². The molecule has 0 heterocycles. The van der Waals surface area contributed by atoms with Gasteiger partial charge in [0.1, 0.15) is 18.5 Å². The van der Waals surface area contributed by atoms with Gasteiger partial charge in [0, 0.05) is 18.6 Å². The van der Waals surface area contributed by atoms with Crippen molar-refractivity contribution < 1.29 is 9.84 Å². The van der Waals surface area contributed by atoms with Crippen molar-refractivity contribution in [2.24, 2.45) is 17.8 Å². The molecule has 3 heteroatoms. The molecule has 3 nitrogen and oxygen atoms in total. The van der Waals surface area contributed by atoms with Crippen molar-refractivity contribution >= 4 is 0 Å². The van der Waals surface area contributed by atoms with Gasteiger partial charge < -0.3 is 9.84 Å². The van der Waals surface area contributed by atoms with Gasteiger partial charge in [0.05, 0.1) is 0 Å². The third kappa shape index (κ3) is 4.11. The van der Waals surface area contributed by atoms with E-state index in [4.69, 9.17) is 4.74 Å². The number of ether oxygens (including phenoxy) is 1. The zero-order valence-electron chi connectivity index (χ0n) is 18.2. The Kier molecular flexibility index (Phi) is 5.77. The molecule has 0 saturated heterocycles. The fourth-order valence-corrected chi connectivity index (χ4v) is 6.88. The van der Waals surface area contributed by atoms with E-state index in [1.165, 1.54) is 44.1 Å².